The van der Waals surface area contributed by atoms with Gasteiger partial charge in [-0.1, -0.05) is 30.3 Å². The van der Waals surface area contributed by atoms with E-state index in [1.165, 1.54) is 5.48 Å². The zero-order chi connectivity index (χ0) is 21.1. The molecule has 18 heavy (non-hydrogen) atoms. The lowest BCUT2D eigenvalue weighted by atomic mass is 10.2. The summed E-state index contributed by atoms with van der Waals surface area (Å²) in [6, 6.07) is 8.08. The molecule has 0 aliphatic rings. The smallest absolute Gasteiger partial charge is 0.324 e. The van der Waals surface area contributed by atoms with E-state index in [-0.39, 0.29) is 0 Å². The highest BCUT2D eigenvalue weighted by Crippen LogP contribution is 2.04. The van der Waals surface area contributed by atoms with Crippen LogP contribution in [0.3, 0.4) is 0 Å². The van der Waals surface area contributed by atoms with E-state index >= 15 is 0 Å². The van der Waals surface area contributed by atoms with Gasteiger partial charge in [0.05, 0.1) is 0 Å². The Bertz CT molecular complexity index is 676. The standard InChI is InChI=1S/C13H17NO4/c1-14-18-13(16)9-5-8-12(15)17-10-11-6-3-2-4-7-11/h2-4,6-7,14H,5,8-10H2,1H3/i1D3,5D2,8D2,9D2. The molecular formula is C13H17NO4. The fourth-order valence-electron chi connectivity index (χ4n) is 0.964. The molecule has 0 aliphatic heterocycles. The lowest BCUT2D eigenvalue weighted by Gasteiger charge is -2.04. The van der Waals surface area contributed by atoms with Gasteiger partial charge >= 0.3 is 11.9 Å². The van der Waals surface area contributed by atoms with E-state index in [1.54, 1.807) is 30.3 Å². The van der Waals surface area contributed by atoms with Crippen LogP contribution in [0.2, 0.25) is 0 Å². The summed E-state index contributed by atoms with van der Waals surface area (Å²) in [6.45, 7) is -3.39. The number of hydroxylamine groups is 1. The molecule has 0 bridgehead atoms. The van der Waals surface area contributed by atoms with Gasteiger partial charge in [0, 0.05) is 32.1 Å². The van der Waals surface area contributed by atoms with Gasteiger partial charge in [0.2, 0.25) is 0 Å². The van der Waals surface area contributed by atoms with Crippen LogP contribution in [-0.2, 0) is 25.8 Å². The van der Waals surface area contributed by atoms with Crippen LogP contribution in [0, 0.1) is 0 Å². The van der Waals surface area contributed by atoms with Gasteiger partial charge in [-0.2, -0.15) is 5.48 Å². The monoisotopic (exact) mass is 260 g/mol. The first-order chi connectivity index (χ1) is 12.1. The molecule has 0 radical (unpaired) electrons. The van der Waals surface area contributed by atoms with Gasteiger partial charge in [0.15, 0.2) is 0 Å². The molecule has 5 heteroatoms. The fourth-order valence-corrected chi connectivity index (χ4v) is 0.964. The van der Waals surface area contributed by atoms with Gasteiger partial charge in [-0.3, -0.25) is 9.59 Å². The number of carbonyl (C=O) groups is 2. The van der Waals surface area contributed by atoms with Crippen LogP contribution in [0.5, 0.6) is 0 Å². The SMILES string of the molecule is [2H]C([2H])([2H])NOC(=O)C([2H])([2H])C([2H])([2H])C([2H])([2H])C(=O)OCc1ccccc1. The molecule has 1 N–H and O–H groups in total. The number of ether oxygens (including phenoxy) is 1. The summed E-state index contributed by atoms with van der Waals surface area (Å²) >= 11 is 0. The quantitative estimate of drug-likeness (QED) is 0.595. The third-order valence-corrected chi connectivity index (χ3v) is 1.69. The normalized spacial score (nSPS) is 20.3. The van der Waals surface area contributed by atoms with E-state index in [4.69, 9.17) is 17.1 Å². The van der Waals surface area contributed by atoms with Crippen LogP contribution in [0.15, 0.2) is 30.3 Å². The van der Waals surface area contributed by atoms with E-state index in [9.17, 15) is 9.59 Å². The average molecular weight is 260 g/mol. The minimum atomic E-state index is -3.75. The molecule has 0 atom stereocenters. The predicted molar refractivity (Wildman–Crippen MR) is 65.2 cm³/mol. The number of benzene rings is 1. The van der Waals surface area contributed by atoms with Crippen molar-refractivity contribution in [2.75, 3.05) is 6.98 Å². The molecule has 0 saturated carbocycles. The third kappa shape index (κ3) is 6.00. The van der Waals surface area contributed by atoms with Crippen LogP contribution < -0.4 is 5.48 Å². The summed E-state index contributed by atoms with van der Waals surface area (Å²) < 4.78 is 70.7. The summed E-state index contributed by atoms with van der Waals surface area (Å²) in [4.78, 5) is 27.7. The Kier molecular flexibility index (Phi) is 2.68. The van der Waals surface area contributed by atoms with Crippen molar-refractivity contribution in [1.29, 1.82) is 0 Å². The molecule has 98 valence electrons. The number of hydrogen-bond donors (Lipinski definition) is 1. The summed E-state index contributed by atoms with van der Waals surface area (Å²) in [7, 11) is 0. The first-order valence-corrected chi connectivity index (χ1v) is 4.82. The summed E-state index contributed by atoms with van der Waals surface area (Å²) in [6.07, 6.45) is -11.1. The third-order valence-electron chi connectivity index (χ3n) is 1.69. The van der Waals surface area contributed by atoms with Gasteiger partial charge in [-0.25, -0.2) is 0 Å². The second-order valence-electron chi connectivity index (χ2n) is 2.93. The first-order valence-electron chi connectivity index (χ1n) is 9.32. The van der Waals surface area contributed by atoms with Crippen LogP contribution in [-0.4, -0.2) is 18.9 Å². The summed E-state index contributed by atoms with van der Waals surface area (Å²) in [5.74, 6) is -3.79. The highest BCUT2D eigenvalue weighted by Gasteiger charge is 2.07. The maximum atomic E-state index is 12.0. The van der Waals surface area contributed by atoms with Gasteiger partial charge in [-0.05, 0) is 11.9 Å². The van der Waals surface area contributed by atoms with E-state index in [0.29, 0.717) is 5.56 Å². The Balaban J connectivity index is 2.93. The number of nitrogens with one attached hydrogen (secondary N) is 1. The van der Waals surface area contributed by atoms with Crippen molar-refractivity contribution in [2.24, 2.45) is 0 Å². The molecule has 0 spiro atoms. The Morgan fingerprint density at radius 3 is 2.72 bits per heavy atom. The Labute approximate surface area is 119 Å². The topological polar surface area (TPSA) is 64.6 Å². The maximum Gasteiger partial charge on any atom is 0.324 e. The van der Waals surface area contributed by atoms with Crippen molar-refractivity contribution < 1.29 is 31.5 Å². The molecule has 1 aromatic rings. The number of carbonyl (C=O) groups excluding carboxylic acids is 2. The van der Waals surface area contributed by atoms with Gasteiger partial charge in [0.1, 0.15) is 6.61 Å². The van der Waals surface area contributed by atoms with Crippen molar-refractivity contribution in [3.63, 3.8) is 0 Å². The van der Waals surface area contributed by atoms with Gasteiger partial charge < -0.3 is 9.57 Å². The van der Waals surface area contributed by atoms with Gasteiger partial charge in [-0.15, -0.1) is 0 Å². The molecule has 0 aliphatic carbocycles. The summed E-state index contributed by atoms with van der Waals surface area (Å²) in [5.41, 5.74) is 1.71. The zero-order valence-corrected chi connectivity index (χ0v) is 9.23. The molecule has 0 amide bonds. The van der Waals surface area contributed by atoms with Crippen molar-refractivity contribution in [3.8, 4) is 0 Å². The number of hydrogen-bond acceptors (Lipinski definition) is 5. The van der Waals surface area contributed by atoms with E-state index in [1.807, 2.05) is 0 Å². The molecular weight excluding hydrogens is 234 g/mol. The van der Waals surface area contributed by atoms with Crippen molar-refractivity contribution >= 4 is 11.9 Å². The van der Waals surface area contributed by atoms with Crippen LogP contribution in [0.25, 0.3) is 0 Å². The van der Waals surface area contributed by atoms with Crippen molar-refractivity contribution in [2.45, 2.75) is 25.7 Å². The van der Waals surface area contributed by atoms with Crippen LogP contribution >= 0.6 is 0 Å². The minimum absolute atomic E-state index is 0.399. The average Bonchev–Trinajstić information content (AvgIpc) is 2.57. The number of esters is 1. The Morgan fingerprint density at radius 2 is 2.00 bits per heavy atom. The van der Waals surface area contributed by atoms with Crippen molar-refractivity contribution in [3.05, 3.63) is 35.9 Å². The largest absolute Gasteiger partial charge is 0.461 e. The fraction of sp³-hybridized carbons (Fsp3) is 0.385. The molecule has 0 fully saturated rings. The molecule has 0 unspecified atom stereocenters. The van der Waals surface area contributed by atoms with E-state index < -0.39 is 44.6 Å². The zero-order valence-electron chi connectivity index (χ0n) is 18.2. The van der Waals surface area contributed by atoms with Gasteiger partial charge in [0.25, 0.3) is 0 Å². The lowest BCUT2D eigenvalue weighted by Crippen LogP contribution is -2.15. The highest BCUT2D eigenvalue weighted by atomic mass is 16.7. The van der Waals surface area contributed by atoms with Crippen LogP contribution in [0.1, 0.15) is 37.0 Å². The molecule has 5 nitrogen and oxygen atoms in total. The predicted octanol–water partition coefficient (Wildman–Crippen LogP) is 1.58. The first kappa shape index (κ1) is 5.84. The maximum absolute atomic E-state index is 12.0. The molecule has 1 aromatic carbocycles. The van der Waals surface area contributed by atoms with E-state index in [2.05, 4.69) is 4.84 Å². The molecule has 0 saturated heterocycles. The second kappa shape index (κ2) is 8.25. The summed E-state index contributed by atoms with van der Waals surface area (Å²) in [5, 5.41) is 0. The highest BCUT2D eigenvalue weighted by molar-refractivity contribution is 5.72. The lowest BCUT2D eigenvalue weighted by molar-refractivity contribution is -0.150. The Morgan fingerprint density at radius 1 is 1.28 bits per heavy atom. The van der Waals surface area contributed by atoms with Crippen molar-refractivity contribution in [1.82, 2.24) is 5.48 Å². The number of rotatable bonds is 7. The van der Waals surface area contributed by atoms with Crippen LogP contribution in [0.4, 0.5) is 0 Å². The molecule has 0 aromatic heterocycles. The minimum Gasteiger partial charge on any atom is -0.461 e. The molecule has 0 heterocycles. The Hall–Kier alpha value is -1.88. The second-order valence-corrected chi connectivity index (χ2v) is 2.93. The van der Waals surface area contributed by atoms with E-state index in [0.717, 1.165) is 0 Å². The molecule has 1 rings (SSSR count).